The maximum absolute atomic E-state index is 12.6. The van der Waals surface area contributed by atoms with Crippen LogP contribution in [0.25, 0.3) is 10.8 Å². The highest BCUT2D eigenvalue weighted by molar-refractivity contribution is 6.04. The van der Waals surface area contributed by atoms with Gasteiger partial charge in [0.25, 0.3) is 0 Å². The van der Waals surface area contributed by atoms with Crippen LogP contribution in [0.4, 0.5) is 0 Å². The van der Waals surface area contributed by atoms with Crippen LogP contribution in [-0.2, 0) is 0 Å². The number of carbonyl (C=O) groups is 1. The van der Waals surface area contributed by atoms with Crippen molar-refractivity contribution in [1.29, 1.82) is 0 Å². The third kappa shape index (κ3) is 2.67. The molecule has 2 heterocycles. The number of fused-ring (bicyclic) bond motifs is 1. The first-order valence-electron chi connectivity index (χ1n) is 8.09. The Balaban J connectivity index is 1.50. The quantitative estimate of drug-likeness (QED) is 0.720. The monoisotopic (exact) mass is 322 g/mol. The SMILES string of the molecule is O=C(C[C@@H]1CN[C@H](c2ncco2)C1)c1ccc2ccccc2c1O. The molecule has 0 bridgehead atoms. The van der Waals surface area contributed by atoms with Crippen molar-refractivity contribution in [3.8, 4) is 5.75 Å². The summed E-state index contributed by atoms with van der Waals surface area (Å²) in [5, 5.41) is 15.4. The van der Waals surface area contributed by atoms with E-state index in [0.29, 0.717) is 23.3 Å². The minimum absolute atomic E-state index is 0.0295. The topological polar surface area (TPSA) is 75.4 Å². The van der Waals surface area contributed by atoms with E-state index in [4.69, 9.17) is 4.42 Å². The van der Waals surface area contributed by atoms with Crippen LogP contribution >= 0.6 is 0 Å². The number of carbonyl (C=O) groups excluding carboxylic acids is 1. The fourth-order valence-corrected chi connectivity index (χ4v) is 3.41. The van der Waals surface area contributed by atoms with Gasteiger partial charge in [-0.15, -0.1) is 0 Å². The Labute approximate surface area is 139 Å². The van der Waals surface area contributed by atoms with Crippen LogP contribution in [0.1, 0.15) is 35.1 Å². The Morgan fingerprint density at radius 2 is 2.17 bits per heavy atom. The molecule has 1 fully saturated rings. The van der Waals surface area contributed by atoms with Crippen molar-refractivity contribution in [2.24, 2.45) is 5.92 Å². The number of aromatic nitrogens is 1. The molecular weight excluding hydrogens is 304 g/mol. The van der Waals surface area contributed by atoms with Crippen molar-refractivity contribution in [3.05, 3.63) is 60.3 Å². The van der Waals surface area contributed by atoms with E-state index in [2.05, 4.69) is 10.3 Å². The highest BCUT2D eigenvalue weighted by atomic mass is 16.3. The minimum atomic E-state index is -0.0295. The number of phenolic OH excluding ortho intramolecular Hbond substituents is 1. The second-order valence-electron chi connectivity index (χ2n) is 6.24. The average molecular weight is 322 g/mol. The van der Waals surface area contributed by atoms with Crippen LogP contribution in [0.5, 0.6) is 5.75 Å². The lowest BCUT2D eigenvalue weighted by molar-refractivity contribution is 0.0961. The molecule has 2 aromatic carbocycles. The lowest BCUT2D eigenvalue weighted by Crippen LogP contribution is -2.15. The van der Waals surface area contributed by atoms with Crippen LogP contribution in [0, 0.1) is 5.92 Å². The van der Waals surface area contributed by atoms with Crippen molar-refractivity contribution >= 4 is 16.6 Å². The molecule has 1 aromatic heterocycles. The molecule has 0 unspecified atom stereocenters. The van der Waals surface area contributed by atoms with Crippen molar-refractivity contribution in [1.82, 2.24) is 10.3 Å². The maximum Gasteiger partial charge on any atom is 0.211 e. The predicted molar refractivity (Wildman–Crippen MR) is 89.9 cm³/mol. The zero-order chi connectivity index (χ0) is 16.5. The van der Waals surface area contributed by atoms with Crippen molar-refractivity contribution in [3.63, 3.8) is 0 Å². The van der Waals surface area contributed by atoms with E-state index in [0.717, 1.165) is 18.4 Å². The maximum atomic E-state index is 12.6. The number of oxazole rings is 1. The Morgan fingerprint density at radius 3 is 3.00 bits per heavy atom. The summed E-state index contributed by atoms with van der Waals surface area (Å²) in [6.45, 7) is 0.743. The molecular formula is C19H18N2O3. The molecule has 122 valence electrons. The Bertz CT molecular complexity index is 873. The zero-order valence-electron chi connectivity index (χ0n) is 13.1. The van der Waals surface area contributed by atoms with E-state index in [1.807, 2.05) is 30.3 Å². The number of hydrogen-bond donors (Lipinski definition) is 2. The van der Waals surface area contributed by atoms with Gasteiger partial charge >= 0.3 is 0 Å². The first-order chi connectivity index (χ1) is 11.7. The molecule has 0 spiro atoms. The van der Waals surface area contributed by atoms with E-state index in [-0.39, 0.29) is 23.5 Å². The largest absolute Gasteiger partial charge is 0.507 e. The van der Waals surface area contributed by atoms with Gasteiger partial charge in [0.2, 0.25) is 5.89 Å². The third-order valence-corrected chi connectivity index (χ3v) is 4.65. The summed E-state index contributed by atoms with van der Waals surface area (Å²) in [5.74, 6) is 0.921. The molecule has 5 heteroatoms. The molecule has 3 aromatic rings. The number of hydrogen-bond acceptors (Lipinski definition) is 5. The van der Waals surface area contributed by atoms with Crippen LogP contribution < -0.4 is 5.32 Å². The van der Waals surface area contributed by atoms with Gasteiger partial charge in [-0.3, -0.25) is 4.79 Å². The Morgan fingerprint density at radius 1 is 1.29 bits per heavy atom. The van der Waals surface area contributed by atoms with Gasteiger partial charge in [0.15, 0.2) is 5.78 Å². The fraction of sp³-hybridized carbons (Fsp3) is 0.263. The number of Topliss-reactive ketones (excluding diaryl/α,β-unsaturated/α-hetero) is 1. The van der Waals surface area contributed by atoms with Gasteiger partial charge in [-0.2, -0.15) is 0 Å². The number of benzene rings is 2. The van der Waals surface area contributed by atoms with Crippen molar-refractivity contribution < 1.29 is 14.3 Å². The molecule has 5 nitrogen and oxygen atoms in total. The van der Waals surface area contributed by atoms with Gasteiger partial charge in [-0.1, -0.05) is 30.3 Å². The summed E-state index contributed by atoms with van der Waals surface area (Å²) in [6, 6.07) is 11.2. The lowest BCUT2D eigenvalue weighted by atomic mass is 9.94. The molecule has 4 rings (SSSR count). The molecule has 1 aliphatic rings. The molecule has 1 aliphatic heterocycles. The lowest BCUT2D eigenvalue weighted by Gasteiger charge is -2.10. The molecule has 2 N–H and O–H groups in total. The fourth-order valence-electron chi connectivity index (χ4n) is 3.41. The second kappa shape index (κ2) is 6.09. The third-order valence-electron chi connectivity index (χ3n) is 4.65. The number of aromatic hydroxyl groups is 1. The van der Waals surface area contributed by atoms with Crippen LogP contribution in [0.2, 0.25) is 0 Å². The van der Waals surface area contributed by atoms with Gasteiger partial charge in [0.1, 0.15) is 12.0 Å². The summed E-state index contributed by atoms with van der Waals surface area (Å²) in [4.78, 5) is 16.8. The molecule has 1 saturated heterocycles. The highest BCUT2D eigenvalue weighted by Gasteiger charge is 2.30. The molecule has 0 amide bonds. The number of rotatable bonds is 4. The molecule has 0 radical (unpaired) electrons. The molecule has 24 heavy (non-hydrogen) atoms. The van der Waals surface area contributed by atoms with E-state index in [9.17, 15) is 9.90 Å². The van der Waals surface area contributed by atoms with Crippen molar-refractivity contribution in [2.45, 2.75) is 18.9 Å². The zero-order valence-corrected chi connectivity index (χ0v) is 13.1. The summed E-state index contributed by atoms with van der Waals surface area (Å²) in [6.07, 6.45) is 4.39. The van der Waals surface area contributed by atoms with E-state index >= 15 is 0 Å². The normalized spacial score (nSPS) is 20.5. The summed E-state index contributed by atoms with van der Waals surface area (Å²) >= 11 is 0. The smallest absolute Gasteiger partial charge is 0.211 e. The van der Waals surface area contributed by atoms with Gasteiger partial charge in [0, 0.05) is 11.8 Å². The van der Waals surface area contributed by atoms with Crippen LogP contribution in [0.3, 0.4) is 0 Å². The standard InChI is InChI=1S/C19H18N2O3/c22-17(10-12-9-16(21-11-12)19-20-7-8-24-19)15-6-5-13-3-1-2-4-14(13)18(15)23/h1-8,12,16,21,23H,9-11H2/t12-,16+/m1/s1. The van der Waals surface area contributed by atoms with E-state index < -0.39 is 0 Å². The number of phenols is 1. The van der Waals surface area contributed by atoms with Crippen LogP contribution in [0.15, 0.2) is 53.3 Å². The van der Waals surface area contributed by atoms with Gasteiger partial charge in [-0.05, 0) is 30.3 Å². The van der Waals surface area contributed by atoms with Crippen molar-refractivity contribution in [2.75, 3.05) is 6.54 Å². The predicted octanol–water partition coefficient (Wildman–Crippen LogP) is 3.46. The number of nitrogens with zero attached hydrogens (tertiary/aromatic N) is 1. The molecule has 2 atom stereocenters. The number of nitrogens with one attached hydrogen (secondary N) is 1. The molecule has 0 saturated carbocycles. The van der Waals surface area contributed by atoms with Gasteiger partial charge < -0.3 is 14.8 Å². The molecule has 0 aliphatic carbocycles. The minimum Gasteiger partial charge on any atom is -0.507 e. The van der Waals surface area contributed by atoms with E-state index in [1.165, 1.54) is 0 Å². The summed E-state index contributed by atoms with van der Waals surface area (Å²) < 4.78 is 5.32. The Hall–Kier alpha value is -2.66. The summed E-state index contributed by atoms with van der Waals surface area (Å²) in [7, 11) is 0. The average Bonchev–Trinajstić information content (AvgIpc) is 3.26. The summed E-state index contributed by atoms with van der Waals surface area (Å²) in [5.41, 5.74) is 0.397. The highest BCUT2D eigenvalue weighted by Crippen LogP contribution is 2.33. The van der Waals surface area contributed by atoms with Gasteiger partial charge in [0.05, 0.1) is 17.8 Å². The van der Waals surface area contributed by atoms with E-state index in [1.54, 1.807) is 18.5 Å². The Kier molecular flexibility index (Phi) is 3.78. The number of ketones is 1. The van der Waals surface area contributed by atoms with Gasteiger partial charge in [-0.25, -0.2) is 4.98 Å². The first kappa shape index (κ1) is 14.9. The van der Waals surface area contributed by atoms with Crippen LogP contribution in [-0.4, -0.2) is 22.4 Å². The first-order valence-corrected chi connectivity index (χ1v) is 8.09. The second-order valence-corrected chi connectivity index (χ2v) is 6.24.